The quantitative estimate of drug-likeness (QED) is 0.321. The average Bonchev–Trinajstić information content (AvgIpc) is 3.25. The van der Waals surface area contributed by atoms with Gasteiger partial charge in [-0.05, 0) is 72.4 Å². The van der Waals surface area contributed by atoms with Crippen molar-refractivity contribution in [3.05, 3.63) is 95.2 Å². The van der Waals surface area contributed by atoms with Crippen molar-refractivity contribution in [2.45, 2.75) is 20.3 Å². The van der Waals surface area contributed by atoms with Gasteiger partial charge in [0.1, 0.15) is 12.6 Å². The van der Waals surface area contributed by atoms with Gasteiger partial charge in [-0.3, -0.25) is 0 Å². The predicted molar refractivity (Wildman–Crippen MR) is 120 cm³/mol. The predicted octanol–water partition coefficient (Wildman–Crippen LogP) is 5.80. The molecule has 0 radical (unpaired) electrons. The fourth-order valence-electron chi connectivity index (χ4n) is 5.24. The van der Waals surface area contributed by atoms with E-state index in [1.165, 1.54) is 61.0 Å². The van der Waals surface area contributed by atoms with Crippen molar-refractivity contribution in [2.75, 3.05) is 0 Å². The molecule has 2 heteroatoms. The molecule has 0 unspecified atom stereocenters. The van der Waals surface area contributed by atoms with E-state index in [-0.39, 0.29) is 0 Å². The summed E-state index contributed by atoms with van der Waals surface area (Å²) < 4.78 is 4.74. The Bertz CT molecular complexity index is 1440. The van der Waals surface area contributed by atoms with Crippen LogP contribution in [0.3, 0.4) is 0 Å². The molecule has 0 saturated heterocycles. The standard InChI is InChI=1S/C27H23N2/c1-17-13-25-27(28(3)16-17)26-18(2)22-14-19-9-7-8-12-21(19)23(22)15-24(26)29(25)20-10-5-4-6-11-20/h4-13,15-16H,14H2,1-3H3/q+1. The van der Waals surface area contributed by atoms with E-state index in [0.29, 0.717) is 0 Å². The molecule has 0 amide bonds. The van der Waals surface area contributed by atoms with Crippen LogP contribution in [0.25, 0.3) is 38.8 Å². The zero-order chi connectivity index (χ0) is 19.7. The summed E-state index contributed by atoms with van der Waals surface area (Å²) in [4.78, 5) is 0. The first-order valence-corrected chi connectivity index (χ1v) is 10.2. The van der Waals surface area contributed by atoms with Gasteiger partial charge in [-0.25, -0.2) is 0 Å². The molecule has 6 rings (SSSR count). The Morgan fingerprint density at radius 2 is 1.59 bits per heavy atom. The zero-order valence-electron chi connectivity index (χ0n) is 17.0. The monoisotopic (exact) mass is 375 g/mol. The maximum Gasteiger partial charge on any atom is 0.239 e. The zero-order valence-corrected chi connectivity index (χ0v) is 17.0. The lowest BCUT2D eigenvalue weighted by atomic mass is 9.98. The highest BCUT2D eigenvalue weighted by molar-refractivity contribution is 6.09. The van der Waals surface area contributed by atoms with Gasteiger partial charge in [0.15, 0.2) is 6.20 Å². The Labute approximate surface area is 170 Å². The molecule has 2 nitrogen and oxygen atoms in total. The molecule has 1 aliphatic carbocycles. The Balaban J connectivity index is 1.84. The first-order chi connectivity index (χ1) is 14.1. The summed E-state index contributed by atoms with van der Waals surface area (Å²) in [5.41, 5.74) is 13.5. The van der Waals surface area contributed by atoms with E-state index in [9.17, 15) is 0 Å². The smallest absolute Gasteiger partial charge is 0.239 e. The summed E-state index contributed by atoms with van der Waals surface area (Å²) in [7, 11) is 2.17. The minimum atomic E-state index is 1.03. The number of aryl methyl sites for hydroxylation is 3. The first-order valence-electron chi connectivity index (χ1n) is 10.2. The molecule has 0 saturated carbocycles. The highest BCUT2D eigenvalue weighted by atomic mass is 15.0. The van der Waals surface area contributed by atoms with Crippen molar-refractivity contribution in [3.8, 4) is 16.8 Å². The van der Waals surface area contributed by atoms with Gasteiger partial charge in [0, 0.05) is 11.3 Å². The molecule has 0 spiro atoms. The van der Waals surface area contributed by atoms with Crippen molar-refractivity contribution in [1.29, 1.82) is 0 Å². The first kappa shape index (κ1) is 16.6. The van der Waals surface area contributed by atoms with Crippen molar-refractivity contribution in [1.82, 2.24) is 4.57 Å². The van der Waals surface area contributed by atoms with Crippen LogP contribution in [0.1, 0.15) is 22.3 Å². The minimum absolute atomic E-state index is 1.03. The number of nitrogens with zero attached hydrogens (tertiary/aromatic N) is 2. The van der Waals surface area contributed by atoms with Gasteiger partial charge in [0.2, 0.25) is 5.52 Å². The van der Waals surface area contributed by atoms with Crippen molar-refractivity contribution in [2.24, 2.45) is 7.05 Å². The molecular weight excluding hydrogens is 352 g/mol. The van der Waals surface area contributed by atoms with Crippen molar-refractivity contribution in [3.63, 3.8) is 0 Å². The fraction of sp³-hybridized carbons (Fsp3) is 0.148. The molecule has 140 valence electrons. The lowest BCUT2D eigenvalue weighted by Crippen LogP contribution is -2.28. The van der Waals surface area contributed by atoms with Gasteiger partial charge in [-0.15, -0.1) is 0 Å². The average molecular weight is 375 g/mol. The molecule has 29 heavy (non-hydrogen) atoms. The largest absolute Gasteiger partial charge is 0.304 e. The second-order valence-corrected chi connectivity index (χ2v) is 8.29. The summed E-state index contributed by atoms with van der Waals surface area (Å²) in [6.45, 7) is 4.48. The van der Waals surface area contributed by atoms with Crippen LogP contribution in [0.4, 0.5) is 0 Å². The lowest BCUT2D eigenvalue weighted by Gasteiger charge is -2.10. The molecule has 0 atom stereocenters. The highest BCUT2D eigenvalue weighted by Crippen LogP contribution is 2.44. The summed E-state index contributed by atoms with van der Waals surface area (Å²) in [6.07, 6.45) is 3.26. The summed E-state index contributed by atoms with van der Waals surface area (Å²) in [5.74, 6) is 0. The Morgan fingerprint density at radius 3 is 2.41 bits per heavy atom. The Kier molecular flexibility index (Phi) is 3.31. The number of aromatic nitrogens is 2. The van der Waals surface area contributed by atoms with Gasteiger partial charge in [0.25, 0.3) is 0 Å². The van der Waals surface area contributed by atoms with Gasteiger partial charge in [0.05, 0.1) is 10.9 Å². The van der Waals surface area contributed by atoms with Crippen LogP contribution >= 0.6 is 0 Å². The van der Waals surface area contributed by atoms with Crippen LogP contribution in [-0.2, 0) is 13.5 Å². The number of pyridine rings is 1. The maximum absolute atomic E-state index is 2.44. The molecule has 5 aromatic rings. The second-order valence-electron chi connectivity index (χ2n) is 8.29. The summed E-state index contributed by atoms with van der Waals surface area (Å²) in [5, 5.41) is 1.37. The molecule has 0 bridgehead atoms. The molecule has 2 heterocycles. The molecule has 2 aromatic heterocycles. The normalized spacial score (nSPS) is 12.5. The molecule has 0 N–H and O–H groups in total. The van der Waals surface area contributed by atoms with E-state index in [1.54, 1.807) is 0 Å². The van der Waals surface area contributed by atoms with Crippen molar-refractivity contribution >= 4 is 21.9 Å². The molecular formula is C27H23N2+. The van der Waals surface area contributed by atoms with Crippen LogP contribution in [0.15, 0.2) is 72.9 Å². The van der Waals surface area contributed by atoms with E-state index in [1.807, 2.05) is 0 Å². The number of hydrogen-bond donors (Lipinski definition) is 0. The number of benzene rings is 3. The molecule has 0 aliphatic heterocycles. The maximum atomic E-state index is 2.44. The van der Waals surface area contributed by atoms with Gasteiger partial charge in [-0.1, -0.05) is 42.5 Å². The van der Waals surface area contributed by atoms with E-state index >= 15 is 0 Å². The van der Waals surface area contributed by atoms with E-state index in [2.05, 4.69) is 103 Å². The Hall–Kier alpha value is -3.39. The summed E-state index contributed by atoms with van der Waals surface area (Å²) in [6, 6.07) is 24.3. The fourth-order valence-corrected chi connectivity index (χ4v) is 5.24. The van der Waals surface area contributed by atoms with E-state index in [0.717, 1.165) is 6.42 Å². The van der Waals surface area contributed by atoms with Gasteiger partial charge < -0.3 is 4.57 Å². The van der Waals surface area contributed by atoms with Crippen molar-refractivity contribution < 1.29 is 4.57 Å². The number of rotatable bonds is 1. The van der Waals surface area contributed by atoms with Crippen LogP contribution in [-0.4, -0.2) is 4.57 Å². The third-order valence-corrected chi connectivity index (χ3v) is 6.45. The second kappa shape index (κ2) is 5.81. The Morgan fingerprint density at radius 1 is 0.828 bits per heavy atom. The lowest BCUT2D eigenvalue weighted by molar-refractivity contribution is -0.644. The topological polar surface area (TPSA) is 8.81 Å². The van der Waals surface area contributed by atoms with Crippen LogP contribution in [0.2, 0.25) is 0 Å². The van der Waals surface area contributed by atoms with Gasteiger partial charge >= 0.3 is 0 Å². The molecule has 1 aliphatic rings. The number of para-hydroxylation sites is 1. The third-order valence-electron chi connectivity index (χ3n) is 6.45. The SMILES string of the molecule is Cc1cc2c(c3c(C)c4c(cc3n2-c2ccccc2)-c2ccccc2C4)[n+](C)c1. The minimum Gasteiger partial charge on any atom is -0.304 e. The number of fused-ring (bicyclic) bond motifs is 6. The number of hydrogen-bond acceptors (Lipinski definition) is 0. The van der Waals surface area contributed by atoms with E-state index in [4.69, 9.17) is 0 Å². The van der Waals surface area contributed by atoms with Gasteiger partial charge in [-0.2, -0.15) is 4.57 Å². The van der Waals surface area contributed by atoms with Crippen LogP contribution < -0.4 is 4.57 Å². The van der Waals surface area contributed by atoms with Crippen LogP contribution in [0, 0.1) is 13.8 Å². The third kappa shape index (κ3) is 2.20. The van der Waals surface area contributed by atoms with Crippen LogP contribution in [0.5, 0.6) is 0 Å². The molecule has 3 aromatic carbocycles. The molecule has 0 fully saturated rings. The summed E-state index contributed by atoms with van der Waals surface area (Å²) >= 11 is 0. The highest BCUT2D eigenvalue weighted by Gasteiger charge is 2.27. The van der Waals surface area contributed by atoms with E-state index < -0.39 is 0 Å².